The van der Waals surface area contributed by atoms with E-state index in [4.69, 9.17) is 14.2 Å². The molecule has 0 saturated carbocycles. The fourth-order valence-corrected chi connectivity index (χ4v) is 2.25. The van der Waals surface area contributed by atoms with E-state index in [1.807, 2.05) is 20.8 Å². The molecule has 0 aromatic rings. The maximum absolute atomic E-state index is 11.6. The molecule has 1 spiro atoms. The van der Waals surface area contributed by atoms with Gasteiger partial charge in [-0.3, -0.25) is 0 Å². The Kier molecular flexibility index (Phi) is 4.32. The van der Waals surface area contributed by atoms with Crippen molar-refractivity contribution in [1.29, 1.82) is 0 Å². The lowest BCUT2D eigenvalue weighted by Gasteiger charge is -2.42. The molecule has 110 valence electrons. The number of carbonyl (C=O) groups is 1. The van der Waals surface area contributed by atoms with Crippen LogP contribution in [0.3, 0.4) is 0 Å². The summed E-state index contributed by atoms with van der Waals surface area (Å²) in [6.07, 6.45) is 1.28. The Hall–Kier alpha value is -0.850. The number of ether oxygens (including phenoxy) is 3. The summed E-state index contributed by atoms with van der Waals surface area (Å²) < 4.78 is 16.8. The minimum atomic E-state index is -0.489. The van der Waals surface area contributed by atoms with Gasteiger partial charge < -0.3 is 24.8 Å². The number of nitrogens with one attached hydrogen (secondary N) is 2. The molecule has 0 aromatic heterocycles. The van der Waals surface area contributed by atoms with E-state index in [1.165, 1.54) is 0 Å². The van der Waals surface area contributed by atoms with Crippen molar-refractivity contribution in [3.63, 3.8) is 0 Å². The van der Waals surface area contributed by atoms with Gasteiger partial charge in [0.25, 0.3) is 0 Å². The molecule has 2 fully saturated rings. The first-order valence-electron chi connectivity index (χ1n) is 6.87. The standard InChI is InChI=1S/C13H24N2O4/c1-12(2,3)19-11(16)15-10-8-17-13(18-9-10)4-6-14-7-5-13/h10,14H,4-9H2,1-3H3,(H,15,16). The Balaban J connectivity index is 1.75. The number of carbonyl (C=O) groups excluding carboxylic acids is 1. The fraction of sp³-hybridized carbons (Fsp3) is 0.923. The van der Waals surface area contributed by atoms with Crippen LogP contribution in [-0.2, 0) is 14.2 Å². The molecule has 2 saturated heterocycles. The van der Waals surface area contributed by atoms with Crippen molar-refractivity contribution >= 4 is 6.09 Å². The lowest BCUT2D eigenvalue weighted by atomic mass is 10.0. The molecule has 0 bridgehead atoms. The highest BCUT2D eigenvalue weighted by atomic mass is 16.7. The molecular weight excluding hydrogens is 248 g/mol. The molecule has 2 heterocycles. The zero-order valence-electron chi connectivity index (χ0n) is 12.0. The third kappa shape index (κ3) is 4.33. The molecule has 2 aliphatic rings. The Morgan fingerprint density at radius 3 is 2.37 bits per heavy atom. The highest BCUT2D eigenvalue weighted by Gasteiger charge is 2.39. The highest BCUT2D eigenvalue weighted by Crippen LogP contribution is 2.28. The van der Waals surface area contributed by atoms with Crippen LogP contribution >= 0.6 is 0 Å². The summed E-state index contributed by atoms with van der Waals surface area (Å²) in [6.45, 7) is 8.27. The fourth-order valence-electron chi connectivity index (χ4n) is 2.25. The smallest absolute Gasteiger partial charge is 0.408 e. The summed E-state index contributed by atoms with van der Waals surface area (Å²) in [5, 5.41) is 6.05. The number of piperidine rings is 1. The average Bonchev–Trinajstić information content (AvgIpc) is 2.31. The predicted octanol–water partition coefficient (Wildman–Crippen LogP) is 1.01. The van der Waals surface area contributed by atoms with E-state index in [2.05, 4.69) is 10.6 Å². The van der Waals surface area contributed by atoms with Crippen LogP contribution < -0.4 is 10.6 Å². The molecule has 2 N–H and O–H groups in total. The first-order chi connectivity index (χ1) is 8.89. The molecule has 0 atom stereocenters. The van der Waals surface area contributed by atoms with Crippen molar-refractivity contribution in [3.05, 3.63) is 0 Å². The van der Waals surface area contributed by atoms with Crippen LogP contribution in [0.4, 0.5) is 4.79 Å². The summed E-state index contributed by atoms with van der Waals surface area (Å²) in [5.41, 5.74) is -0.489. The van der Waals surface area contributed by atoms with Gasteiger partial charge in [0.2, 0.25) is 0 Å². The molecule has 2 rings (SSSR count). The van der Waals surface area contributed by atoms with Gasteiger partial charge in [-0.1, -0.05) is 0 Å². The van der Waals surface area contributed by atoms with E-state index in [1.54, 1.807) is 0 Å². The Bertz CT molecular complexity index is 311. The van der Waals surface area contributed by atoms with Gasteiger partial charge in [0, 0.05) is 25.9 Å². The number of alkyl carbamates (subject to hydrolysis) is 1. The second-order valence-electron chi connectivity index (χ2n) is 6.13. The summed E-state index contributed by atoms with van der Waals surface area (Å²) in [5.74, 6) is -0.447. The van der Waals surface area contributed by atoms with Crippen LogP contribution in [0.25, 0.3) is 0 Å². The molecule has 2 aliphatic heterocycles. The Morgan fingerprint density at radius 1 is 1.26 bits per heavy atom. The van der Waals surface area contributed by atoms with Gasteiger partial charge in [0.15, 0.2) is 5.79 Å². The zero-order chi connectivity index (χ0) is 13.9. The topological polar surface area (TPSA) is 68.8 Å². The second-order valence-corrected chi connectivity index (χ2v) is 6.13. The van der Waals surface area contributed by atoms with Crippen molar-refractivity contribution in [2.24, 2.45) is 0 Å². The molecule has 19 heavy (non-hydrogen) atoms. The summed E-state index contributed by atoms with van der Waals surface area (Å²) >= 11 is 0. The van der Waals surface area contributed by atoms with E-state index in [0.29, 0.717) is 13.2 Å². The van der Waals surface area contributed by atoms with Gasteiger partial charge in [0.1, 0.15) is 5.60 Å². The predicted molar refractivity (Wildman–Crippen MR) is 69.9 cm³/mol. The SMILES string of the molecule is CC(C)(C)OC(=O)NC1COC2(CCNCC2)OC1. The monoisotopic (exact) mass is 272 g/mol. The van der Waals surface area contributed by atoms with Crippen LogP contribution in [0, 0.1) is 0 Å². The highest BCUT2D eigenvalue weighted by molar-refractivity contribution is 5.68. The minimum Gasteiger partial charge on any atom is -0.444 e. The van der Waals surface area contributed by atoms with Crippen molar-refractivity contribution in [2.45, 2.75) is 51.0 Å². The van der Waals surface area contributed by atoms with E-state index < -0.39 is 17.5 Å². The zero-order valence-corrected chi connectivity index (χ0v) is 12.0. The molecule has 1 amide bonds. The number of amides is 1. The van der Waals surface area contributed by atoms with Gasteiger partial charge in [-0.15, -0.1) is 0 Å². The van der Waals surface area contributed by atoms with Crippen molar-refractivity contribution < 1.29 is 19.0 Å². The molecule has 0 unspecified atom stereocenters. The minimum absolute atomic E-state index is 0.143. The van der Waals surface area contributed by atoms with Crippen LogP contribution in [0.5, 0.6) is 0 Å². The van der Waals surface area contributed by atoms with Crippen LogP contribution in [0.2, 0.25) is 0 Å². The second kappa shape index (κ2) is 5.64. The number of rotatable bonds is 1. The van der Waals surface area contributed by atoms with Gasteiger partial charge in [0.05, 0.1) is 19.3 Å². The first kappa shape index (κ1) is 14.6. The molecule has 0 aliphatic carbocycles. The quantitative estimate of drug-likeness (QED) is 0.745. The largest absolute Gasteiger partial charge is 0.444 e. The third-order valence-corrected chi connectivity index (χ3v) is 3.18. The average molecular weight is 272 g/mol. The van der Waals surface area contributed by atoms with Crippen LogP contribution in [-0.4, -0.2) is 49.8 Å². The summed E-state index contributed by atoms with van der Waals surface area (Å²) in [4.78, 5) is 11.6. The van der Waals surface area contributed by atoms with E-state index in [-0.39, 0.29) is 6.04 Å². The number of hydrogen-bond acceptors (Lipinski definition) is 5. The lowest BCUT2D eigenvalue weighted by Crippen LogP contribution is -2.56. The number of hydrogen-bond donors (Lipinski definition) is 2. The van der Waals surface area contributed by atoms with E-state index >= 15 is 0 Å². The van der Waals surface area contributed by atoms with Gasteiger partial charge in [-0.05, 0) is 20.8 Å². The van der Waals surface area contributed by atoms with Crippen LogP contribution in [0.1, 0.15) is 33.6 Å². The van der Waals surface area contributed by atoms with Crippen molar-refractivity contribution in [2.75, 3.05) is 26.3 Å². The normalized spacial score (nSPS) is 24.2. The van der Waals surface area contributed by atoms with E-state index in [0.717, 1.165) is 25.9 Å². The summed E-state index contributed by atoms with van der Waals surface area (Å²) in [6, 6.07) is -0.143. The maximum atomic E-state index is 11.6. The molecule has 0 aromatic carbocycles. The van der Waals surface area contributed by atoms with E-state index in [9.17, 15) is 4.79 Å². The molecule has 6 nitrogen and oxygen atoms in total. The van der Waals surface area contributed by atoms with Gasteiger partial charge in [-0.2, -0.15) is 0 Å². The third-order valence-electron chi connectivity index (χ3n) is 3.18. The van der Waals surface area contributed by atoms with Gasteiger partial charge in [-0.25, -0.2) is 4.79 Å². The molecule has 6 heteroatoms. The molecule has 0 radical (unpaired) electrons. The van der Waals surface area contributed by atoms with Gasteiger partial charge >= 0.3 is 6.09 Å². The lowest BCUT2D eigenvalue weighted by molar-refractivity contribution is -0.283. The Morgan fingerprint density at radius 2 is 1.84 bits per heavy atom. The summed E-state index contributed by atoms with van der Waals surface area (Å²) in [7, 11) is 0. The first-order valence-corrected chi connectivity index (χ1v) is 6.87. The van der Waals surface area contributed by atoms with Crippen molar-refractivity contribution in [3.8, 4) is 0 Å². The maximum Gasteiger partial charge on any atom is 0.408 e. The van der Waals surface area contributed by atoms with Crippen LogP contribution in [0.15, 0.2) is 0 Å². The molecular formula is C13H24N2O4. The van der Waals surface area contributed by atoms with Crippen molar-refractivity contribution in [1.82, 2.24) is 10.6 Å². The Labute approximate surface area is 114 Å².